The van der Waals surface area contributed by atoms with Gasteiger partial charge in [-0.2, -0.15) is 11.8 Å². The molecule has 1 amide bonds. The lowest BCUT2D eigenvalue weighted by atomic mass is 10.2. The van der Waals surface area contributed by atoms with Gasteiger partial charge in [0.15, 0.2) is 0 Å². The van der Waals surface area contributed by atoms with E-state index in [1.54, 1.807) is 30.0 Å². The van der Waals surface area contributed by atoms with Gasteiger partial charge in [-0.1, -0.05) is 42.0 Å². The van der Waals surface area contributed by atoms with E-state index in [-0.39, 0.29) is 12.5 Å². The van der Waals surface area contributed by atoms with Gasteiger partial charge in [-0.25, -0.2) is 8.42 Å². The summed E-state index contributed by atoms with van der Waals surface area (Å²) >= 11 is 1.73. The summed E-state index contributed by atoms with van der Waals surface area (Å²) in [5.41, 5.74) is 3.93. The van der Waals surface area contributed by atoms with Gasteiger partial charge < -0.3 is 5.32 Å². The van der Waals surface area contributed by atoms with Crippen LogP contribution in [0.1, 0.15) is 16.7 Å². The number of anilines is 1. The van der Waals surface area contributed by atoms with Crippen LogP contribution in [0.5, 0.6) is 0 Å². The van der Waals surface area contributed by atoms with E-state index >= 15 is 0 Å². The highest BCUT2D eigenvalue weighted by molar-refractivity contribution is 7.98. The van der Waals surface area contributed by atoms with Gasteiger partial charge in [-0.15, -0.1) is 0 Å². The van der Waals surface area contributed by atoms with Crippen LogP contribution in [-0.4, -0.2) is 39.4 Å². The molecule has 0 saturated carbocycles. The summed E-state index contributed by atoms with van der Waals surface area (Å²) in [6.45, 7) is 4.23. The molecular formula is C20H26N2O3S2. The number of nitrogens with zero attached hydrogens (tertiary/aromatic N) is 1. The Labute approximate surface area is 166 Å². The zero-order valence-corrected chi connectivity index (χ0v) is 17.6. The van der Waals surface area contributed by atoms with Crippen LogP contribution < -0.4 is 9.62 Å². The summed E-state index contributed by atoms with van der Waals surface area (Å²) in [7, 11) is -3.54. The first kappa shape index (κ1) is 21.3. The highest BCUT2D eigenvalue weighted by Gasteiger charge is 2.20. The number of amides is 1. The quantitative estimate of drug-likeness (QED) is 0.650. The van der Waals surface area contributed by atoms with Crippen LogP contribution in [-0.2, 0) is 20.6 Å². The number of benzene rings is 2. The maximum absolute atomic E-state index is 12.2. The molecule has 0 radical (unpaired) electrons. The Hall–Kier alpha value is -1.99. The van der Waals surface area contributed by atoms with Crippen molar-refractivity contribution in [2.45, 2.75) is 19.6 Å². The van der Waals surface area contributed by atoms with Crippen molar-refractivity contribution in [1.82, 2.24) is 5.32 Å². The minimum absolute atomic E-state index is 0.217. The monoisotopic (exact) mass is 406 g/mol. The highest BCUT2D eigenvalue weighted by Crippen LogP contribution is 2.18. The number of carbonyl (C=O) groups is 1. The highest BCUT2D eigenvalue weighted by atomic mass is 32.2. The molecule has 2 aromatic rings. The fourth-order valence-corrected chi connectivity index (χ4v) is 4.28. The second-order valence-corrected chi connectivity index (χ2v) is 9.51. The molecule has 0 bridgehead atoms. The van der Waals surface area contributed by atoms with Gasteiger partial charge in [0.05, 0.1) is 11.9 Å². The van der Waals surface area contributed by atoms with Crippen molar-refractivity contribution in [3.63, 3.8) is 0 Å². The molecule has 0 fully saturated rings. The molecule has 0 heterocycles. The number of sulfonamides is 1. The third-order valence-electron chi connectivity index (χ3n) is 3.90. The lowest BCUT2D eigenvalue weighted by Gasteiger charge is -2.22. The van der Waals surface area contributed by atoms with Gasteiger partial charge in [0, 0.05) is 18.1 Å². The topological polar surface area (TPSA) is 66.5 Å². The van der Waals surface area contributed by atoms with Gasteiger partial charge in [0.1, 0.15) is 6.54 Å². The van der Waals surface area contributed by atoms with E-state index in [1.165, 1.54) is 11.1 Å². The zero-order valence-electron chi connectivity index (χ0n) is 15.9. The van der Waals surface area contributed by atoms with Crippen molar-refractivity contribution in [3.05, 3.63) is 65.2 Å². The van der Waals surface area contributed by atoms with E-state index in [0.29, 0.717) is 12.2 Å². The van der Waals surface area contributed by atoms with Crippen LogP contribution in [0.15, 0.2) is 48.5 Å². The maximum Gasteiger partial charge on any atom is 0.240 e. The smallest absolute Gasteiger partial charge is 0.240 e. The van der Waals surface area contributed by atoms with E-state index in [9.17, 15) is 13.2 Å². The van der Waals surface area contributed by atoms with Crippen LogP contribution in [0.25, 0.3) is 0 Å². The normalized spacial score (nSPS) is 11.2. The second kappa shape index (κ2) is 9.80. The first-order valence-electron chi connectivity index (χ1n) is 8.70. The summed E-state index contributed by atoms with van der Waals surface area (Å²) in [6.07, 6.45) is 1.11. The molecule has 5 nitrogen and oxygen atoms in total. The largest absolute Gasteiger partial charge is 0.354 e. The minimum Gasteiger partial charge on any atom is -0.354 e. The summed E-state index contributed by atoms with van der Waals surface area (Å²) in [5.74, 6) is 1.34. The summed E-state index contributed by atoms with van der Waals surface area (Å²) in [5, 5.41) is 2.80. The van der Waals surface area contributed by atoms with Crippen LogP contribution in [0.4, 0.5) is 5.69 Å². The number of nitrogens with one attached hydrogen (secondary N) is 1. The molecule has 0 unspecified atom stereocenters. The first-order chi connectivity index (χ1) is 12.8. The van der Waals surface area contributed by atoms with Crippen LogP contribution in [0.2, 0.25) is 0 Å². The molecule has 0 spiro atoms. The minimum atomic E-state index is -3.54. The van der Waals surface area contributed by atoms with Crippen molar-refractivity contribution in [3.8, 4) is 0 Å². The predicted molar refractivity (Wildman–Crippen MR) is 114 cm³/mol. The Morgan fingerprint density at radius 3 is 2.37 bits per heavy atom. The van der Waals surface area contributed by atoms with Gasteiger partial charge in [-0.3, -0.25) is 9.10 Å². The molecule has 0 aliphatic heterocycles. The number of hydrogen-bond acceptors (Lipinski definition) is 4. The molecule has 2 aromatic carbocycles. The lowest BCUT2D eigenvalue weighted by molar-refractivity contribution is -0.119. The van der Waals surface area contributed by atoms with E-state index < -0.39 is 10.0 Å². The molecule has 0 saturated heterocycles. The van der Waals surface area contributed by atoms with E-state index in [1.807, 2.05) is 19.1 Å². The third-order valence-corrected chi connectivity index (χ3v) is 6.07. The third kappa shape index (κ3) is 7.27. The number of carbonyl (C=O) groups excluding carboxylic acids is 1. The maximum atomic E-state index is 12.2. The van der Waals surface area contributed by atoms with Gasteiger partial charge in [0.25, 0.3) is 0 Å². The Morgan fingerprint density at radius 2 is 1.74 bits per heavy atom. The van der Waals surface area contributed by atoms with Crippen LogP contribution >= 0.6 is 11.8 Å². The summed E-state index contributed by atoms with van der Waals surface area (Å²) < 4.78 is 25.3. The summed E-state index contributed by atoms with van der Waals surface area (Å²) in [4.78, 5) is 12.2. The Bertz CT molecular complexity index is 882. The first-order valence-corrected chi connectivity index (χ1v) is 11.7. The molecule has 0 aliphatic carbocycles. The number of hydrogen-bond donors (Lipinski definition) is 1. The Morgan fingerprint density at radius 1 is 1.07 bits per heavy atom. The van der Waals surface area contributed by atoms with Crippen LogP contribution in [0, 0.1) is 13.8 Å². The molecular weight excluding hydrogens is 380 g/mol. The number of aryl methyl sites for hydroxylation is 2. The summed E-state index contributed by atoms with van der Waals surface area (Å²) in [6, 6.07) is 15.5. The van der Waals surface area contributed by atoms with Gasteiger partial charge in [0.2, 0.25) is 15.9 Å². The molecule has 0 atom stereocenters. The Kier molecular flexibility index (Phi) is 7.74. The molecule has 7 heteroatoms. The molecule has 2 rings (SSSR count). The molecule has 27 heavy (non-hydrogen) atoms. The number of thioether (sulfide) groups is 1. The van der Waals surface area contributed by atoms with E-state index in [0.717, 1.165) is 27.6 Å². The van der Waals surface area contributed by atoms with E-state index in [2.05, 4.69) is 30.4 Å². The Balaban J connectivity index is 1.82. The second-order valence-electron chi connectivity index (χ2n) is 6.50. The average Bonchev–Trinajstić information content (AvgIpc) is 2.58. The zero-order chi connectivity index (χ0) is 19.9. The van der Waals surface area contributed by atoms with Gasteiger partial charge >= 0.3 is 0 Å². The van der Waals surface area contributed by atoms with Crippen molar-refractivity contribution < 1.29 is 13.2 Å². The fourth-order valence-electron chi connectivity index (χ4n) is 2.62. The van der Waals surface area contributed by atoms with E-state index in [4.69, 9.17) is 0 Å². The molecule has 0 aromatic heterocycles. The SMILES string of the molecule is Cc1cccc(CSCCNC(=O)CN(c2cccc(C)c2)S(C)(=O)=O)c1. The predicted octanol–water partition coefficient (Wildman–Crippen LogP) is 3.12. The standard InChI is InChI=1S/C20H26N2O3S2/c1-16-6-4-8-18(12-16)15-26-11-10-21-20(23)14-22(27(3,24)25)19-9-5-7-17(2)13-19/h4-9,12-13H,10-11,14-15H2,1-3H3,(H,21,23). The van der Waals surface area contributed by atoms with Crippen molar-refractivity contribution in [2.75, 3.05) is 29.4 Å². The van der Waals surface area contributed by atoms with Crippen molar-refractivity contribution >= 4 is 33.4 Å². The van der Waals surface area contributed by atoms with Crippen LogP contribution in [0.3, 0.4) is 0 Å². The molecule has 146 valence electrons. The average molecular weight is 407 g/mol. The van der Waals surface area contributed by atoms with Gasteiger partial charge in [-0.05, 0) is 37.1 Å². The molecule has 1 N–H and O–H groups in total. The molecule has 0 aliphatic rings. The lowest BCUT2D eigenvalue weighted by Crippen LogP contribution is -2.41. The fraction of sp³-hybridized carbons (Fsp3) is 0.350. The van der Waals surface area contributed by atoms with Crippen molar-refractivity contribution in [2.24, 2.45) is 0 Å². The van der Waals surface area contributed by atoms with Crippen molar-refractivity contribution in [1.29, 1.82) is 0 Å². The number of rotatable bonds is 9.